The van der Waals surface area contributed by atoms with Crippen LogP contribution in [0.15, 0.2) is 60.0 Å². The number of H-pyrrole nitrogens is 1. The Kier molecular flexibility index (Phi) is 3.92. The van der Waals surface area contributed by atoms with Crippen LogP contribution < -0.4 is 0 Å². The predicted octanol–water partition coefficient (Wildman–Crippen LogP) is 5.37. The molecule has 3 nitrogen and oxygen atoms in total. The Labute approximate surface area is 147 Å². The second kappa shape index (κ2) is 6.23. The molecule has 1 N–H and O–H groups in total. The standard InChI is InChI=1S/C19H13ClN2OS/c20-14-5-3-4-12(8-14)9-17(23)13-10-18(24-11-13)19-15-6-1-2-7-16(15)21-22-19/h1-8,10-11H,9H2,(H,21,22). The minimum Gasteiger partial charge on any atom is -0.294 e. The lowest BCUT2D eigenvalue weighted by atomic mass is 10.0. The summed E-state index contributed by atoms with van der Waals surface area (Å²) in [4.78, 5) is 13.5. The fraction of sp³-hybridized carbons (Fsp3) is 0.0526. The molecule has 0 spiro atoms. The Balaban J connectivity index is 1.61. The molecule has 0 radical (unpaired) electrons. The number of fused-ring (bicyclic) bond motifs is 1. The third-order valence-electron chi connectivity index (χ3n) is 3.88. The van der Waals surface area contributed by atoms with Crippen LogP contribution in [-0.4, -0.2) is 16.0 Å². The van der Waals surface area contributed by atoms with Gasteiger partial charge < -0.3 is 0 Å². The van der Waals surface area contributed by atoms with Gasteiger partial charge in [0, 0.05) is 27.8 Å². The zero-order chi connectivity index (χ0) is 16.5. The summed E-state index contributed by atoms with van der Waals surface area (Å²) in [6, 6.07) is 17.3. The number of carbonyl (C=O) groups is 1. The van der Waals surface area contributed by atoms with Crippen molar-refractivity contribution in [3.63, 3.8) is 0 Å². The molecular weight excluding hydrogens is 340 g/mol. The third kappa shape index (κ3) is 2.86. The molecular formula is C19H13ClN2OS. The van der Waals surface area contributed by atoms with Gasteiger partial charge in [-0.25, -0.2) is 0 Å². The number of hydrogen-bond acceptors (Lipinski definition) is 3. The molecule has 0 atom stereocenters. The maximum absolute atomic E-state index is 12.5. The van der Waals surface area contributed by atoms with Crippen molar-refractivity contribution in [3.05, 3.63) is 76.1 Å². The van der Waals surface area contributed by atoms with E-state index in [-0.39, 0.29) is 5.78 Å². The molecule has 4 aromatic rings. The zero-order valence-electron chi connectivity index (χ0n) is 12.6. The molecule has 0 aliphatic heterocycles. The molecule has 0 aliphatic rings. The van der Waals surface area contributed by atoms with Crippen LogP contribution in [0, 0.1) is 0 Å². The van der Waals surface area contributed by atoms with E-state index in [1.54, 1.807) is 6.07 Å². The zero-order valence-corrected chi connectivity index (χ0v) is 14.2. The van der Waals surface area contributed by atoms with Crippen LogP contribution in [0.2, 0.25) is 5.02 Å². The van der Waals surface area contributed by atoms with E-state index in [2.05, 4.69) is 10.2 Å². The average molecular weight is 353 g/mol. The summed E-state index contributed by atoms with van der Waals surface area (Å²) in [7, 11) is 0. The van der Waals surface area contributed by atoms with E-state index in [1.807, 2.05) is 53.9 Å². The van der Waals surface area contributed by atoms with E-state index in [0.29, 0.717) is 17.0 Å². The summed E-state index contributed by atoms with van der Waals surface area (Å²) in [6.45, 7) is 0. The van der Waals surface area contributed by atoms with Crippen molar-refractivity contribution in [2.45, 2.75) is 6.42 Å². The van der Waals surface area contributed by atoms with E-state index in [1.165, 1.54) is 11.3 Å². The number of Topliss-reactive ketones (excluding diaryl/α,β-unsaturated/α-hetero) is 1. The van der Waals surface area contributed by atoms with Crippen molar-refractivity contribution in [3.8, 4) is 10.6 Å². The van der Waals surface area contributed by atoms with Crippen LogP contribution in [-0.2, 0) is 6.42 Å². The molecule has 2 aromatic heterocycles. The van der Waals surface area contributed by atoms with Crippen molar-refractivity contribution in [2.75, 3.05) is 0 Å². The van der Waals surface area contributed by atoms with Gasteiger partial charge in [-0.1, -0.05) is 41.9 Å². The quantitative estimate of drug-likeness (QED) is 0.502. The minimum absolute atomic E-state index is 0.0830. The molecule has 5 heteroatoms. The molecule has 24 heavy (non-hydrogen) atoms. The first-order chi connectivity index (χ1) is 11.7. The third-order valence-corrected chi connectivity index (χ3v) is 5.05. The van der Waals surface area contributed by atoms with Crippen LogP contribution in [0.25, 0.3) is 21.5 Å². The number of nitrogens with one attached hydrogen (secondary N) is 1. The van der Waals surface area contributed by atoms with Gasteiger partial charge in [-0.3, -0.25) is 9.89 Å². The van der Waals surface area contributed by atoms with Crippen LogP contribution in [0.1, 0.15) is 15.9 Å². The number of aromatic amines is 1. The fourth-order valence-electron chi connectivity index (χ4n) is 2.69. The average Bonchev–Trinajstić information content (AvgIpc) is 3.21. The van der Waals surface area contributed by atoms with Gasteiger partial charge in [0.1, 0.15) is 5.69 Å². The molecule has 0 aliphatic carbocycles. The summed E-state index contributed by atoms with van der Waals surface area (Å²) < 4.78 is 0. The number of benzene rings is 2. The van der Waals surface area contributed by atoms with E-state index in [9.17, 15) is 4.79 Å². The maximum atomic E-state index is 12.5. The first-order valence-corrected chi connectivity index (χ1v) is 8.76. The van der Waals surface area contributed by atoms with Crippen molar-refractivity contribution in [2.24, 2.45) is 0 Å². The lowest BCUT2D eigenvalue weighted by Crippen LogP contribution is -2.01. The van der Waals surface area contributed by atoms with Gasteiger partial charge in [-0.05, 0) is 29.8 Å². The van der Waals surface area contributed by atoms with Crippen LogP contribution in [0.5, 0.6) is 0 Å². The number of nitrogens with zero attached hydrogens (tertiary/aromatic N) is 1. The second-order valence-electron chi connectivity index (χ2n) is 5.55. The molecule has 0 bridgehead atoms. The van der Waals surface area contributed by atoms with Gasteiger partial charge in [-0.15, -0.1) is 11.3 Å². The van der Waals surface area contributed by atoms with Gasteiger partial charge in [0.15, 0.2) is 5.78 Å². The number of rotatable bonds is 4. The van der Waals surface area contributed by atoms with E-state index < -0.39 is 0 Å². The predicted molar refractivity (Wildman–Crippen MR) is 98.9 cm³/mol. The van der Waals surface area contributed by atoms with Gasteiger partial charge in [0.05, 0.1) is 10.4 Å². The molecule has 2 aromatic carbocycles. The SMILES string of the molecule is O=C(Cc1cccc(Cl)c1)c1csc(-c2n[nH]c3ccccc23)c1. The number of thiophene rings is 1. The molecule has 0 saturated carbocycles. The summed E-state index contributed by atoms with van der Waals surface area (Å²) in [6.07, 6.45) is 0.345. The minimum atomic E-state index is 0.0830. The summed E-state index contributed by atoms with van der Waals surface area (Å²) >= 11 is 7.52. The summed E-state index contributed by atoms with van der Waals surface area (Å²) in [5.74, 6) is 0.0830. The number of carbonyl (C=O) groups excluding carboxylic acids is 1. The normalized spacial score (nSPS) is 11.0. The molecule has 0 fully saturated rings. The monoisotopic (exact) mass is 352 g/mol. The molecule has 2 heterocycles. The lowest BCUT2D eigenvalue weighted by Gasteiger charge is -2.00. The Hall–Kier alpha value is -2.43. The highest BCUT2D eigenvalue weighted by molar-refractivity contribution is 7.14. The molecule has 0 amide bonds. The molecule has 4 rings (SSSR count). The number of aromatic nitrogens is 2. The Bertz CT molecular complexity index is 1030. The highest BCUT2D eigenvalue weighted by Crippen LogP contribution is 2.31. The highest BCUT2D eigenvalue weighted by Gasteiger charge is 2.14. The Morgan fingerprint density at radius 3 is 2.88 bits per heavy atom. The van der Waals surface area contributed by atoms with Gasteiger partial charge in [-0.2, -0.15) is 5.10 Å². The van der Waals surface area contributed by atoms with Crippen molar-refractivity contribution in [1.29, 1.82) is 0 Å². The van der Waals surface area contributed by atoms with Gasteiger partial charge in [0.25, 0.3) is 0 Å². The largest absolute Gasteiger partial charge is 0.294 e. The molecule has 118 valence electrons. The molecule has 0 unspecified atom stereocenters. The summed E-state index contributed by atoms with van der Waals surface area (Å²) in [5.41, 5.74) is 3.51. The van der Waals surface area contributed by atoms with Crippen molar-refractivity contribution in [1.82, 2.24) is 10.2 Å². The second-order valence-corrected chi connectivity index (χ2v) is 6.89. The molecule has 0 saturated heterocycles. The van der Waals surface area contributed by atoms with Crippen LogP contribution in [0.3, 0.4) is 0 Å². The number of ketones is 1. The topological polar surface area (TPSA) is 45.8 Å². The first-order valence-electron chi connectivity index (χ1n) is 7.50. The van der Waals surface area contributed by atoms with E-state index in [4.69, 9.17) is 11.6 Å². The highest BCUT2D eigenvalue weighted by atomic mass is 35.5. The smallest absolute Gasteiger partial charge is 0.168 e. The van der Waals surface area contributed by atoms with E-state index >= 15 is 0 Å². The van der Waals surface area contributed by atoms with E-state index in [0.717, 1.165) is 27.0 Å². The van der Waals surface area contributed by atoms with Gasteiger partial charge in [0.2, 0.25) is 0 Å². The van der Waals surface area contributed by atoms with Crippen LogP contribution >= 0.6 is 22.9 Å². The van der Waals surface area contributed by atoms with Crippen molar-refractivity contribution >= 4 is 39.6 Å². The Morgan fingerprint density at radius 2 is 2.00 bits per heavy atom. The fourth-order valence-corrected chi connectivity index (χ4v) is 3.82. The van der Waals surface area contributed by atoms with Crippen LogP contribution in [0.4, 0.5) is 0 Å². The number of para-hydroxylation sites is 1. The van der Waals surface area contributed by atoms with Gasteiger partial charge >= 0.3 is 0 Å². The maximum Gasteiger partial charge on any atom is 0.168 e. The Morgan fingerprint density at radius 1 is 1.12 bits per heavy atom. The van der Waals surface area contributed by atoms with Crippen molar-refractivity contribution < 1.29 is 4.79 Å². The number of hydrogen-bond donors (Lipinski definition) is 1. The number of halogens is 1. The lowest BCUT2D eigenvalue weighted by molar-refractivity contribution is 0.0993. The summed E-state index contributed by atoms with van der Waals surface area (Å²) in [5, 5.41) is 11.0. The first kappa shape index (κ1) is 15.1.